The zero-order valence-electron chi connectivity index (χ0n) is 14.3. The summed E-state index contributed by atoms with van der Waals surface area (Å²) < 4.78 is 4.66. The maximum absolute atomic E-state index is 9.61. The van der Waals surface area contributed by atoms with E-state index in [0.29, 0.717) is 18.5 Å². The fraction of sp³-hybridized carbons (Fsp3) is 0.556. The Morgan fingerprint density at radius 1 is 1.29 bits per heavy atom. The normalized spacial score (nSPS) is 17.2. The molecule has 2 aromatic rings. The van der Waals surface area contributed by atoms with Gasteiger partial charge in [0.1, 0.15) is 13.3 Å². The van der Waals surface area contributed by atoms with E-state index in [1.807, 2.05) is 9.25 Å². The van der Waals surface area contributed by atoms with Gasteiger partial charge in [-0.3, -0.25) is 4.57 Å². The van der Waals surface area contributed by atoms with Gasteiger partial charge in [0.15, 0.2) is 10.6 Å². The lowest BCUT2D eigenvalue weighted by molar-refractivity contribution is 0.263. The minimum absolute atomic E-state index is 0.0536. The number of aliphatic hydroxyl groups excluding tert-OH is 1. The van der Waals surface area contributed by atoms with E-state index in [2.05, 4.69) is 36.0 Å². The van der Waals surface area contributed by atoms with Crippen LogP contribution in [0.1, 0.15) is 47.8 Å². The molecule has 2 heterocycles. The molecule has 0 amide bonds. The number of aryl methyl sites for hydroxylation is 2. The van der Waals surface area contributed by atoms with Gasteiger partial charge in [-0.05, 0) is 74.5 Å². The smallest absolute Gasteiger partial charge is 0.199 e. The molecule has 1 aliphatic heterocycles. The van der Waals surface area contributed by atoms with E-state index in [4.69, 9.17) is 12.2 Å². The maximum atomic E-state index is 9.61. The summed E-state index contributed by atoms with van der Waals surface area (Å²) >= 11 is 5.64. The minimum atomic E-state index is -0.0536. The standard InChI is InChI=1S/C18H24N4OS/c1-12-8-13(2)15-4-3-7-20(16(15)9-12)11-21-18(24)22(14-5-6-14)17(10-23)19-21/h8-9,14,23H,3-7,10-11H2,1-2H3. The molecule has 1 aromatic heterocycles. The molecule has 1 aliphatic carbocycles. The van der Waals surface area contributed by atoms with Gasteiger partial charge in [-0.2, -0.15) is 5.10 Å². The lowest BCUT2D eigenvalue weighted by Gasteiger charge is -2.32. The molecule has 0 bridgehead atoms. The van der Waals surface area contributed by atoms with Crippen LogP contribution in [-0.4, -0.2) is 26.0 Å². The Kier molecular flexibility index (Phi) is 3.96. The summed E-state index contributed by atoms with van der Waals surface area (Å²) in [7, 11) is 0. The number of hydrogen-bond donors (Lipinski definition) is 1. The summed E-state index contributed by atoms with van der Waals surface area (Å²) in [6, 6.07) is 4.97. The highest BCUT2D eigenvalue weighted by atomic mass is 32.1. The molecule has 4 rings (SSSR count). The molecule has 6 heteroatoms. The average molecular weight is 344 g/mol. The Balaban J connectivity index is 1.69. The van der Waals surface area contributed by atoms with Crippen molar-refractivity contribution in [2.24, 2.45) is 0 Å². The average Bonchev–Trinajstić information content (AvgIpc) is 3.33. The SMILES string of the molecule is Cc1cc(C)c2c(c1)N(Cn1nc(CO)n(C3CC3)c1=S)CCC2. The van der Waals surface area contributed by atoms with Crippen LogP contribution in [0.4, 0.5) is 5.69 Å². The van der Waals surface area contributed by atoms with E-state index in [0.717, 1.165) is 37.0 Å². The van der Waals surface area contributed by atoms with Crippen LogP contribution in [0.25, 0.3) is 0 Å². The quantitative estimate of drug-likeness (QED) is 0.865. The van der Waals surface area contributed by atoms with Gasteiger partial charge in [-0.15, -0.1) is 0 Å². The largest absolute Gasteiger partial charge is 0.388 e. The first-order valence-corrected chi connectivity index (χ1v) is 9.13. The van der Waals surface area contributed by atoms with Crippen molar-refractivity contribution in [1.29, 1.82) is 0 Å². The Bertz CT molecular complexity index is 834. The molecule has 0 radical (unpaired) electrons. The van der Waals surface area contributed by atoms with Crippen LogP contribution < -0.4 is 4.90 Å². The van der Waals surface area contributed by atoms with Gasteiger partial charge in [-0.1, -0.05) is 6.07 Å². The van der Waals surface area contributed by atoms with Gasteiger partial charge in [0, 0.05) is 18.3 Å². The Labute approximate surface area is 147 Å². The first-order valence-electron chi connectivity index (χ1n) is 8.72. The monoisotopic (exact) mass is 344 g/mol. The van der Waals surface area contributed by atoms with Crippen molar-refractivity contribution in [2.45, 2.75) is 58.8 Å². The van der Waals surface area contributed by atoms with Crippen LogP contribution in [0.15, 0.2) is 12.1 Å². The van der Waals surface area contributed by atoms with E-state index in [9.17, 15) is 5.11 Å². The molecule has 5 nitrogen and oxygen atoms in total. The van der Waals surface area contributed by atoms with Crippen molar-refractivity contribution >= 4 is 17.9 Å². The van der Waals surface area contributed by atoms with Gasteiger partial charge in [0.05, 0.1) is 0 Å². The van der Waals surface area contributed by atoms with Crippen LogP contribution in [0.2, 0.25) is 0 Å². The zero-order chi connectivity index (χ0) is 16.8. The first-order chi connectivity index (χ1) is 11.6. The van der Waals surface area contributed by atoms with Crippen LogP contribution >= 0.6 is 12.2 Å². The third kappa shape index (κ3) is 2.67. The minimum Gasteiger partial charge on any atom is -0.388 e. The number of benzene rings is 1. The molecule has 24 heavy (non-hydrogen) atoms. The summed E-state index contributed by atoms with van der Waals surface area (Å²) in [6.07, 6.45) is 4.57. The molecule has 0 atom stereocenters. The van der Waals surface area contributed by atoms with E-state index >= 15 is 0 Å². The van der Waals surface area contributed by atoms with E-state index in [1.54, 1.807) is 0 Å². The van der Waals surface area contributed by atoms with Crippen LogP contribution in [0.3, 0.4) is 0 Å². The zero-order valence-corrected chi connectivity index (χ0v) is 15.1. The van der Waals surface area contributed by atoms with Gasteiger partial charge < -0.3 is 10.0 Å². The van der Waals surface area contributed by atoms with Crippen molar-refractivity contribution in [3.8, 4) is 0 Å². The summed E-state index contributed by atoms with van der Waals surface area (Å²) in [6.45, 7) is 5.97. The fourth-order valence-electron chi connectivity index (χ4n) is 3.82. The first kappa shape index (κ1) is 15.8. The number of hydrogen-bond acceptors (Lipinski definition) is 4. The molecule has 1 saturated carbocycles. The second-order valence-electron chi connectivity index (χ2n) is 7.05. The number of aliphatic hydroxyl groups is 1. The fourth-order valence-corrected chi connectivity index (χ4v) is 4.18. The number of aromatic nitrogens is 3. The van der Waals surface area contributed by atoms with Gasteiger partial charge >= 0.3 is 0 Å². The number of fused-ring (bicyclic) bond motifs is 1. The van der Waals surface area contributed by atoms with Crippen molar-refractivity contribution in [3.05, 3.63) is 39.4 Å². The molecule has 1 fully saturated rings. The topological polar surface area (TPSA) is 46.2 Å². The molecule has 0 saturated heterocycles. The summed E-state index contributed by atoms with van der Waals surface area (Å²) in [5, 5.41) is 14.2. The van der Waals surface area contributed by atoms with Gasteiger partial charge in [0.25, 0.3) is 0 Å². The van der Waals surface area contributed by atoms with E-state index in [1.165, 1.54) is 22.4 Å². The summed E-state index contributed by atoms with van der Waals surface area (Å²) in [4.78, 5) is 2.38. The van der Waals surface area contributed by atoms with Gasteiger partial charge in [-0.25, -0.2) is 4.68 Å². The van der Waals surface area contributed by atoms with Crippen molar-refractivity contribution < 1.29 is 5.11 Å². The third-order valence-electron chi connectivity index (χ3n) is 5.09. The number of nitrogens with zero attached hydrogens (tertiary/aromatic N) is 4. The molecule has 1 aromatic carbocycles. The van der Waals surface area contributed by atoms with E-state index < -0.39 is 0 Å². The molecular weight excluding hydrogens is 320 g/mol. The third-order valence-corrected chi connectivity index (χ3v) is 5.50. The van der Waals surface area contributed by atoms with Gasteiger partial charge in [0.2, 0.25) is 0 Å². The molecule has 0 spiro atoms. The molecule has 128 valence electrons. The predicted octanol–water partition coefficient (Wildman–Crippen LogP) is 3.27. The second kappa shape index (κ2) is 6.01. The summed E-state index contributed by atoms with van der Waals surface area (Å²) in [5.74, 6) is 0.695. The lowest BCUT2D eigenvalue weighted by Crippen LogP contribution is -2.32. The van der Waals surface area contributed by atoms with Crippen molar-refractivity contribution in [3.63, 3.8) is 0 Å². The highest BCUT2D eigenvalue weighted by Crippen LogP contribution is 2.36. The van der Waals surface area contributed by atoms with Crippen molar-refractivity contribution in [1.82, 2.24) is 14.3 Å². The van der Waals surface area contributed by atoms with Crippen molar-refractivity contribution in [2.75, 3.05) is 11.4 Å². The van der Waals surface area contributed by atoms with Crippen LogP contribution in [-0.2, 0) is 19.7 Å². The Morgan fingerprint density at radius 3 is 2.79 bits per heavy atom. The molecule has 1 N–H and O–H groups in total. The highest BCUT2D eigenvalue weighted by Gasteiger charge is 2.29. The summed E-state index contributed by atoms with van der Waals surface area (Å²) in [5.41, 5.74) is 5.42. The number of anilines is 1. The van der Waals surface area contributed by atoms with Crippen LogP contribution in [0.5, 0.6) is 0 Å². The Hall–Kier alpha value is -1.66. The predicted molar refractivity (Wildman–Crippen MR) is 96.8 cm³/mol. The Morgan fingerprint density at radius 2 is 2.08 bits per heavy atom. The van der Waals surface area contributed by atoms with Crippen LogP contribution in [0, 0.1) is 18.6 Å². The lowest BCUT2D eigenvalue weighted by atomic mass is 9.95. The van der Waals surface area contributed by atoms with E-state index in [-0.39, 0.29) is 6.61 Å². The maximum Gasteiger partial charge on any atom is 0.199 e. The number of rotatable bonds is 4. The highest BCUT2D eigenvalue weighted by molar-refractivity contribution is 7.71. The molecule has 2 aliphatic rings. The second-order valence-corrected chi connectivity index (χ2v) is 7.41. The molecular formula is C18H24N4OS. The molecule has 0 unspecified atom stereocenters.